The predicted octanol–water partition coefficient (Wildman–Crippen LogP) is 7.37. The third kappa shape index (κ3) is 6.95. The van der Waals surface area contributed by atoms with Crippen molar-refractivity contribution in [2.24, 2.45) is 0 Å². The van der Waals surface area contributed by atoms with Gasteiger partial charge in [0.2, 0.25) is 0 Å². The van der Waals surface area contributed by atoms with Crippen molar-refractivity contribution in [1.82, 2.24) is 0 Å². The van der Waals surface area contributed by atoms with Crippen molar-refractivity contribution < 1.29 is 34.8 Å². The molecule has 0 spiro atoms. The maximum atomic E-state index is 11.5. The van der Waals surface area contributed by atoms with Crippen molar-refractivity contribution in [2.75, 3.05) is 23.0 Å². The fourth-order valence-corrected chi connectivity index (χ4v) is 7.44. The summed E-state index contributed by atoms with van der Waals surface area (Å²) in [6, 6.07) is 25.4. The van der Waals surface area contributed by atoms with E-state index in [4.69, 9.17) is 8.83 Å². The van der Waals surface area contributed by atoms with Gasteiger partial charge >= 0.3 is 0 Å². The molecule has 0 atom stereocenters. The molecule has 1 aliphatic heterocycles. The molecule has 0 radical (unpaired) electrons. The zero-order chi connectivity index (χ0) is 30.9. The number of fused-ring (bicyclic) bond motifs is 2. The molecule has 6 rings (SSSR count). The summed E-state index contributed by atoms with van der Waals surface area (Å²) in [6.07, 6.45) is 4.17. The lowest BCUT2D eigenvalue weighted by Gasteiger charge is -2.21. The quantitative estimate of drug-likeness (QED) is 0.139. The Balaban J connectivity index is 1.42. The molecule has 0 aliphatic carbocycles. The van der Waals surface area contributed by atoms with Gasteiger partial charge in [0.25, 0.3) is 20.2 Å². The zero-order valence-electron chi connectivity index (χ0n) is 23.4. The molecule has 2 aromatic heterocycles. The van der Waals surface area contributed by atoms with Gasteiger partial charge in [-0.1, -0.05) is 48.2 Å². The average Bonchev–Trinajstić information content (AvgIpc) is 3.71. The van der Waals surface area contributed by atoms with Crippen LogP contribution in [0.5, 0.6) is 0 Å². The summed E-state index contributed by atoms with van der Waals surface area (Å²) in [5, 5.41) is 1.59. The van der Waals surface area contributed by atoms with Crippen LogP contribution < -0.4 is 4.90 Å². The van der Waals surface area contributed by atoms with E-state index in [1.54, 1.807) is 12.3 Å². The smallest absolute Gasteiger partial charge is 0.264 e. The van der Waals surface area contributed by atoms with E-state index in [0.717, 1.165) is 43.3 Å². The third-order valence-corrected chi connectivity index (χ3v) is 10.1. The van der Waals surface area contributed by atoms with E-state index in [1.807, 2.05) is 77.7 Å². The Morgan fingerprint density at radius 3 is 2.27 bits per heavy atom. The van der Waals surface area contributed by atoms with Crippen molar-refractivity contribution in [1.29, 1.82) is 0 Å². The Morgan fingerprint density at radius 1 is 0.795 bits per heavy atom. The van der Waals surface area contributed by atoms with Gasteiger partial charge < -0.3 is 13.7 Å². The van der Waals surface area contributed by atoms with Crippen LogP contribution in [0, 0.1) is 0 Å². The van der Waals surface area contributed by atoms with Crippen LogP contribution >= 0.6 is 11.8 Å². The lowest BCUT2D eigenvalue weighted by Crippen LogP contribution is -2.21. The molecular weight excluding hydrogens is 623 g/mol. The van der Waals surface area contributed by atoms with Crippen LogP contribution in [0.25, 0.3) is 39.5 Å². The fourth-order valence-electron chi connectivity index (χ4n) is 5.34. The van der Waals surface area contributed by atoms with Gasteiger partial charge in [-0.3, -0.25) is 9.11 Å². The Hall–Kier alpha value is -3.81. The molecule has 44 heavy (non-hydrogen) atoms. The number of nitrogens with zero attached hydrogens (tertiary/aromatic N) is 1. The van der Waals surface area contributed by atoms with Gasteiger partial charge in [-0.05, 0) is 72.9 Å². The van der Waals surface area contributed by atoms with Gasteiger partial charge in [-0.25, -0.2) is 0 Å². The number of benzene rings is 3. The SMILES string of the molecule is O=S(=O)(O)CCCc1c(/C=C2\Sc3ccc(-c4ccccc4)cc3N2CCCS(=O)(=O)O)oc2ccc(-c3ccco3)cc12. The molecule has 0 saturated carbocycles. The maximum absolute atomic E-state index is 11.5. The highest BCUT2D eigenvalue weighted by Crippen LogP contribution is 2.48. The third-order valence-electron chi connectivity index (χ3n) is 7.33. The fraction of sp³-hybridized carbons (Fsp3) is 0.188. The Bertz CT molecular complexity index is 2050. The summed E-state index contributed by atoms with van der Waals surface area (Å²) in [5.74, 6) is 0.441. The van der Waals surface area contributed by atoms with Crippen molar-refractivity contribution in [3.05, 3.63) is 101 Å². The van der Waals surface area contributed by atoms with Gasteiger partial charge in [0, 0.05) is 34.0 Å². The van der Waals surface area contributed by atoms with E-state index in [-0.39, 0.29) is 18.6 Å². The summed E-state index contributed by atoms with van der Waals surface area (Å²) >= 11 is 1.51. The van der Waals surface area contributed by atoms with Crippen LogP contribution in [-0.4, -0.2) is 44.0 Å². The number of aryl methyl sites for hydroxylation is 1. The molecule has 3 aromatic carbocycles. The van der Waals surface area contributed by atoms with Gasteiger partial charge in [0.15, 0.2) is 0 Å². The van der Waals surface area contributed by atoms with Gasteiger partial charge in [0.05, 0.1) is 28.5 Å². The standard InChI is InChI=1S/C32H29NO8S3/c34-43(35,36)17-5-9-25-26-19-24(28-10-4-16-40-28)11-13-29(26)41-30(25)21-32-33(15-6-18-44(37,38)39)27-20-23(12-14-31(27)42-32)22-7-2-1-3-8-22/h1-4,7-8,10-14,16,19-21H,5-6,9,15,17-18H2,(H,34,35,36)(H,37,38,39)/b32-21-. The molecular formula is C32H29NO8S3. The molecule has 228 valence electrons. The van der Waals surface area contributed by atoms with Crippen molar-refractivity contribution in [3.8, 4) is 22.5 Å². The number of rotatable bonds is 11. The monoisotopic (exact) mass is 651 g/mol. The second kappa shape index (κ2) is 12.3. The number of anilines is 1. The van der Waals surface area contributed by atoms with E-state index in [0.29, 0.717) is 30.1 Å². The van der Waals surface area contributed by atoms with Gasteiger partial charge in [-0.2, -0.15) is 16.8 Å². The van der Waals surface area contributed by atoms with Crippen molar-refractivity contribution in [2.45, 2.75) is 24.2 Å². The lowest BCUT2D eigenvalue weighted by molar-refractivity contribution is 0.479. The first-order valence-corrected chi connectivity index (χ1v) is 17.9. The normalized spacial score (nSPS) is 14.5. The van der Waals surface area contributed by atoms with Gasteiger partial charge in [-0.15, -0.1) is 0 Å². The Morgan fingerprint density at radius 2 is 1.55 bits per heavy atom. The molecule has 0 unspecified atom stereocenters. The Kier molecular flexibility index (Phi) is 8.44. The van der Waals surface area contributed by atoms with Crippen molar-refractivity contribution in [3.63, 3.8) is 0 Å². The molecule has 0 saturated heterocycles. The van der Waals surface area contributed by atoms with E-state index in [2.05, 4.69) is 6.07 Å². The second-order valence-corrected chi connectivity index (χ2v) is 14.7. The highest BCUT2D eigenvalue weighted by atomic mass is 32.2. The number of hydrogen-bond acceptors (Lipinski definition) is 8. The average molecular weight is 652 g/mol. The highest BCUT2D eigenvalue weighted by Gasteiger charge is 2.27. The highest BCUT2D eigenvalue weighted by molar-refractivity contribution is 8.03. The number of hydrogen-bond donors (Lipinski definition) is 2. The second-order valence-electron chi connectivity index (χ2n) is 10.4. The summed E-state index contributed by atoms with van der Waals surface area (Å²) in [4.78, 5) is 2.99. The summed E-state index contributed by atoms with van der Waals surface area (Å²) in [6.45, 7) is 0.324. The van der Waals surface area contributed by atoms with Crippen LogP contribution in [-0.2, 0) is 26.7 Å². The minimum absolute atomic E-state index is 0.181. The van der Waals surface area contributed by atoms with Crippen LogP contribution in [0.1, 0.15) is 24.2 Å². The topological polar surface area (TPSA) is 138 Å². The maximum Gasteiger partial charge on any atom is 0.264 e. The molecule has 0 bridgehead atoms. The molecule has 0 fully saturated rings. The van der Waals surface area contributed by atoms with E-state index >= 15 is 0 Å². The number of thioether (sulfide) groups is 1. The number of furan rings is 2. The minimum Gasteiger partial charge on any atom is -0.464 e. The van der Waals surface area contributed by atoms with Crippen molar-refractivity contribution >= 4 is 54.7 Å². The van der Waals surface area contributed by atoms with E-state index in [1.165, 1.54) is 11.8 Å². The largest absolute Gasteiger partial charge is 0.464 e. The van der Waals surface area contributed by atoms with Crippen LogP contribution in [0.3, 0.4) is 0 Å². The summed E-state index contributed by atoms with van der Waals surface area (Å²) < 4.78 is 76.7. The van der Waals surface area contributed by atoms with Gasteiger partial charge in [0.1, 0.15) is 17.1 Å². The molecule has 9 nitrogen and oxygen atoms in total. The molecule has 2 N–H and O–H groups in total. The first-order valence-electron chi connectivity index (χ1n) is 13.9. The molecule has 5 aromatic rings. The first-order chi connectivity index (χ1) is 21.0. The van der Waals surface area contributed by atoms with Crippen LogP contribution in [0.4, 0.5) is 5.69 Å². The molecule has 3 heterocycles. The van der Waals surface area contributed by atoms with Crippen LogP contribution in [0.15, 0.2) is 104 Å². The lowest BCUT2D eigenvalue weighted by atomic mass is 10.0. The Labute approximate surface area is 259 Å². The van der Waals surface area contributed by atoms with E-state index in [9.17, 15) is 25.9 Å². The molecule has 12 heteroatoms. The zero-order valence-corrected chi connectivity index (χ0v) is 25.9. The predicted molar refractivity (Wildman–Crippen MR) is 173 cm³/mol. The minimum atomic E-state index is -4.15. The summed E-state index contributed by atoms with van der Waals surface area (Å²) in [7, 11) is -8.29. The van der Waals surface area contributed by atoms with E-state index < -0.39 is 26.0 Å². The summed E-state index contributed by atoms with van der Waals surface area (Å²) in [5.41, 5.74) is 5.18. The molecule has 0 amide bonds. The first kappa shape index (κ1) is 30.2. The molecule has 1 aliphatic rings. The van der Waals surface area contributed by atoms with Crippen LogP contribution in [0.2, 0.25) is 0 Å².